The van der Waals surface area contributed by atoms with Gasteiger partial charge < -0.3 is 10.1 Å². The van der Waals surface area contributed by atoms with Crippen molar-refractivity contribution in [1.82, 2.24) is 5.32 Å². The molecule has 1 aliphatic heterocycles. The minimum absolute atomic E-state index is 0.372. The van der Waals surface area contributed by atoms with Gasteiger partial charge in [0.1, 0.15) is 0 Å². The highest BCUT2D eigenvalue weighted by Gasteiger charge is 2.34. The van der Waals surface area contributed by atoms with Gasteiger partial charge in [0, 0.05) is 18.6 Å². The van der Waals surface area contributed by atoms with Crippen LogP contribution in [-0.2, 0) is 11.2 Å². The molecule has 0 amide bonds. The molecule has 2 heterocycles. The second kappa shape index (κ2) is 6.69. The van der Waals surface area contributed by atoms with Crippen molar-refractivity contribution < 1.29 is 4.74 Å². The van der Waals surface area contributed by atoms with Crippen LogP contribution in [0.25, 0.3) is 0 Å². The lowest BCUT2D eigenvalue weighted by molar-refractivity contribution is 0.143. The zero-order chi connectivity index (χ0) is 12.8. The fourth-order valence-corrected chi connectivity index (χ4v) is 3.25. The normalized spacial score (nSPS) is 23.9. The van der Waals surface area contributed by atoms with Gasteiger partial charge in [-0.05, 0) is 54.1 Å². The van der Waals surface area contributed by atoms with Crippen LogP contribution in [0.4, 0.5) is 0 Å². The highest BCUT2D eigenvalue weighted by molar-refractivity contribution is 7.07. The van der Waals surface area contributed by atoms with Crippen LogP contribution in [0.15, 0.2) is 16.8 Å². The topological polar surface area (TPSA) is 21.3 Å². The molecule has 0 bridgehead atoms. The van der Waals surface area contributed by atoms with E-state index in [1.54, 1.807) is 11.3 Å². The Bertz CT molecular complexity index is 328. The molecule has 1 saturated heterocycles. The molecule has 1 unspecified atom stereocenters. The van der Waals surface area contributed by atoms with Crippen LogP contribution < -0.4 is 5.32 Å². The lowest BCUT2D eigenvalue weighted by atomic mass is 9.81. The van der Waals surface area contributed by atoms with Crippen LogP contribution in [-0.4, -0.2) is 26.3 Å². The summed E-state index contributed by atoms with van der Waals surface area (Å²) in [6.45, 7) is 8.61. The van der Waals surface area contributed by atoms with E-state index in [-0.39, 0.29) is 0 Å². The Morgan fingerprint density at radius 1 is 1.50 bits per heavy atom. The van der Waals surface area contributed by atoms with Crippen LogP contribution >= 0.6 is 11.3 Å². The lowest BCUT2D eigenvalue weighted by Crippen LogP contribution is -2.36. The molecule has 102 valence electrons. The summed E-state index contributed by atoms with van der Waals surface area (Å²) >= 11 is 1.80. The Morgan fingerprint density at radius 2 is 2.39 bits per heavy atom. The van der Waals surface area contributed by atoms with E-state index >= 15 is 0 Å². The number of rotatable bonds is 7. The van der Waals surface area contributed by atoms with E-state index in [2.05, 4.69) is 36.0 Å². The summed E-state index contributed by atoms with van der Waals surface area (Å²) in [4.78, 5) is 0. The Balaban J connectivity index is 1.82. The van der Waals surface area contributed by atoms with Gasteiger partial charge >= 0.3 is 0 Å². The molecule has 0 saturated carbocycles. The van der Waals surface area contributed by atoms with Gasteiger partial charge in [-0.3, -0.25) is 0 Å². The van der Waals surface area contributed by atoms with Crippen molar-refractivity contribution in [3.63, 3.8) is 0 Å². The predicted octanol–water partition coefficient (Wildman–Crippen LogP) is 3.33. The third-order valence-corrected chi connectivity index (χ3v) is 4.49. The SMILES string of the molecule is CC(C)CNCC1(CCc2ccsc2)CCOC1. The molecule has 1 aromatic heterocycles. The second-order valence-electron chi connectivity index (χ2n) is 5.96. The van der Waals surface area contributed by atoms with Crippen molar-refractivity contribution in [2.45, 2.75) is 33.1 Å². The fourth-order valence-electron chi connectivity index (χ4n) is 2.54. The summed E-state index contributed by atoms with van der Waals surface area (Å²) in [6, 6.07) is 2.25. The molecule has 0 aliphatic carbocycles. The van der Waals surface area contributed by atoms with E-state index in [1.807, 2.05) is 0 Å². The maximum atomic E-state index is 5.65. The van der Waals surface area contributed by atoms with Crippen LogP contribution in [0.1, 0.15) is 32.3 Å². The first kappa shape index (κ1) is 14.0. The van der Waals surface area contributed by atoms with Gasteiger partial charge in [-0.2, -0.15) is 11.3 Å². The van der Waals surface area contributed by atoms with Crippen molar-refractivity contribution in [3.8, 4) is 0 Å². The highest BCUT2D eigenvalue weighted by atomic mass is 32.1. The zero-order valence-electron chi connectivity index (χ0n) is 11.6. The number of hydrogen-bond donors (Lipinski definition) is 1. The van der Waals surface area contributed by atoms with E-state index in [0.29, 0.717) is 5.41 Å². The molecule has 1 aliphatic rings. The van der Waals surface area contributed by atoms with Crippen molar-refractivity contribution in [3.05, 3.63) is 22.4 Å². The Hall–Kier alpha value is -0.380. The molecule has 0 aromatic carbocycles. The summed E-state index contributed by atoms with van der Waals surface area (Å²) in [5.74, 6) is 0.723. The van der Waals surface area contributed by atoms with Crippen molar-refractivity contribution in [2.24, 2.45) is 11.3 Å². The summed E-state index contributed by atoms with van der Waals surface area (Å²) < 4.78 is 5.65. The summed E-state index contributed by atoms with van der Waals surface area (Å²) in [5, 5.41) is 8.06. The molecule has 1 aromatic rings. The van der Waals surface area contributed by atoms with Gasteiger partial charge in [-0.1, -0.05) is 13.8 Å². The minimum Gasteiger partial charge on any atom is -0.381 e. The van der Waals surface area contributed by atoms with Crippen molar-refractivity contribution >= 4 is 11.3 Å². The van der Waals surface area contributed by atoms with Gasteiger partial charge in [0.05, 0.1) is 6.61 Å². The molecule has 1 N–H and O–H groups in total. The first-order valence-electron chi connectivity index (χ1n) is 7.00. The Labute approximate surface area is 115 Å². The first-order chi connectivity index (χ1) is 8.70. The van der Waals surface area contributed by atoms with Gasteiger partial charge in [0.15, 0.2) is 0 Å². The molecule has 2 nitrogen and oxygen atoms in total. The summed E-state index contributed by atoms with van der Waals surface area (Å²) in [7, 11) is 0. The average Bonchev–Trinajstić information content (AvgIpc) is 2.97. The second-order valence-corrected chi connectivity index (χ2v) is 6.74. The largest absolute Gasteiger partial charge is 0.381 e. The van der Waals surface area contributed by atoms with E-state index in [9.17, 15) is 0 Å². The van der Waals surface area contributed by atoms with E-state index < -0.39 is 0 Å². The van der Waals surface area contributed by atoms with E-state index in [1.165, 1.54) is 24.8 Å². The molecule has 0 spiro atoms. The van der Waals surface area contributed by atoms with Crippen LogP contribution in [0.3, 0.4) is 0 Å². The van der Waals surface area contributed by atoms with Crippen molar-refractivity contribution in [1.29, 1.82) is 0 Å². The molecule has 0 radical (unpaired) electrons. The molecular weight excluding hydrogens is 242 g/mol. The number of hydrogen-bond acceptors (Lipinski definition) is 3. The average molecular weight is 267 g/mol. The van der Waals surface area contributed by atoms with E-state index in [0.717, 1.165) is 32.2 Å². The minimum atomic E-state index is 0.372. The quantitative estimate of drug-likeness (QED) is 0.818. The molecule has 1 atom stereocenters. The molecule has 18 heavy (non-hydrogen) atoms. The number of thiophene rings is 1. The lowest BCUT2D eigenvalue weighted by Gasteiger charge is -2.28. The number of ether oxygens (including phenoxy) is 1. The third-order valence-electron chi connectivity index (χ3n) is 3.76. The zero-order valence-corrected chi connectivity index (χ0v) is 12.4. The predicted molar refractivity (Wildman–Crippen MR) is 78.2 cm³/mol. The van der Waals surface area contributed by atoms with Gasteiger partial charge in [0.2, 0.25) is 0 Å². The fraction of sp³-hybridized carbons (Fsp3) is 0.733. The van der Waals surface area contributed by atoms with Crippen LogP contribution in [0.5, 0.6) is 0 Å². The van der Waals surface area contributed by atoms with Crippen LogP contribution in [0, 0.1) is 11.3 Å². The van der Waals surface area contributed by atoms with Gasteiger partial charge in [-0.15, -0.1) is 0 Å². The Morgan fingerprint density at radius 3 is 3.00 bits per heavy atom. The molecule has 2 rings (SSSR count). The van der Waals surface area contributed by atoms with Gasteiger partial charge in [0.25, 0.3) is 0 Å². The Kier molecular flexibility index (Phi) is 5.22. The highest BCUT2D eigenvalue weighted by Crippen LogP contribution is 2.33. The monoisotopic (exact) mass is 267 g/mol. The molecule has 1 fully saturated rings. The van der Waals surface area contributed by atoms with Crippen LogP contribution in [0.2, 0.25) is 0 Å². The molecule has 3 heteroatoms. The number of aryl methyl sites for hydroxylation is 1. The number of nitrogens with one attached hydrogen (secondary N) is 1. The van der Waals surface area contributed by atoms with E-state index in [4.69, 9.17) is 4.74 Å². The molecular formula is C15H25NOS. The first-order valence-corrected chi connectivity index (χ1v) is 7.94. The smallest absolute Gasteiger partial charge is 0.0535 e. The van der Waals surface area contributed by atoms with Gasteiger partial charge in [-0.25, -0.2) is 0 Å². The maximum Gasteiger partial charge on any atom is 0.0535 e. The summed E-state index contributed by atoms with van der Waals surface area (Å²) in [5.41, 5.74) is 1.85. The summed E-state index contributed by atoms with van der Waals surface area (Å²) in [6.07, 6.45) is 3.65. The third kappa shape index (κ3) is 4.08. The standard InChI is InChI=1S/C15H25NOS/c1-13(2)9-16-11-15(6-7-17-12-15)5-3-14-4-8-18-10-14/h4,8,10,13,16H,3,5-7,9,11-12H2,1-2H3. The maximum absolute atomic E-state index is 5.65. The van der Waals surface area contributed by atoms with Crippen molar-refractivity contribution in [2.75, 3.05) is 26.3 Å².